The number of carbonyl (C=O) groups is 2. The number of carbonyl (C=O) groups excluding carboxylic acids is 2. The Bertz CT molecular complexity index is 1820. The van der Waals surface area contributed by atoms with Gasteiger partial charge in [-0.25, -0.2) is 4.99 Å². The molecule has 1 saturated heterocycles. The van der Waals surface area contributed by atoms with Gasteiger partial charge in [-0.15, -0.1) is 0 Å². The normalized spacial score (nSPS) is 16.6. The Morgan fingerprint density at radius 3 is 2.33 bits per heavy atom. The van der Waals surface area contributed by atoms with E-state index in [4.69, 9.17) is 9.73 Å². The van der Waals surface area contributed by atoms with Crippen LogP contribution in [0.2, 0.25) is 0 Å². The van der Waals surface area contributed by atoms with Crippen LogP contribution in [0.25, 0.3) is 6.08 Å². The number of likely N-dealkylation sites (tertiary alicyclic amines) is 1. The molecule has 8 nitrogen and oxygen atoms in total. The van der Waals surface area contributed by atoms with Gasteiger partial charge in [0.25, 0.3) is 17.4 Å². The lowest BCUT2D eigenvalue weighted by atomic mass is 9.95. The van der Waals surface area contributed by atoms with Crippen LogP contribution in [0.5, 0.6) is 5.75 Å². The van der Waals surface area contributed by atoms with E-state index in [1.165, 1.54) is 11.3 Å². The van der Waals surface area contributed by atoms with Crippen molar-refractivity contribution in [1.29, 1.82) is 0 Å². The zero-order valence-corrected chi connectivity index (χ0v) is 24.0. The molecule has 9 heteroatoms. The zero-order chi connectivity index (χ0) is 29.1. The number of rotatable bonds is 7. The van der Waals surface area contributed by atoms with Crippen LogP contribution in [0.4, 0.5) is 5.69 Å². The molecular formula is C33H30N4O4S. The Hall–Kier alpha value is -4.76. The molecule has 0 bridgehead atoms. The number of hydrogen-bond donors (Lipinski definition) is 1. The van der Waals surface area contributed by atoms with Crippen LogP contribution in [0.1, 0.15) is 36.9 Å². The van der Waals surface area contributed by atoms with Crippen LogP contribution in [-0.2, 0) is 9.59 Å². The minimum absolute atomic E-state index is 0.00207. The number of thiazole rings is 1. The number of nitrogens with zero attached hydrogens (tertiary/aromatic N) is 3. The van der Waals surface area contributed by atoms with Crippen LogP contribution in [-0.4, -0.2) is 41.0 Å². The molecule has 0 saturated carbocycles. The van der Waals surface area contributed by atoms with Gasteiger partial charge in [-0.2, -0.15) is 0 Å². The molecule has 0 unspecified atom stereocenters. The second-order valence-corrected chi connectivity index (χ2v) is 11.3. The van der Waals surface area contributed by atoms with E-state index in [1.54, 1.807) is 23.6 Å². The molecule has 2 aliphatic rings. The van der Waals surface area contributed by atoms with Crippen molar-refractivity contribution in [2.24, 2.45) is 4.99 Å². The standard InChI is InChI=1S/C33H30N4O4S/c1-22-29(31(39)35-25-12-6-3-7-13-25)30(24-10-4-2-5-11-24)37-32(40)27(42-33(37)34-22)20-23-14-16-26(17-15-23)41-21-28(38)36-18-8-9-19-36/h2-7,10-17,20,30H,8-9,18-19,21H2,1H3,(H,35,39)/b27-20+/t30-/m0/s1. The number of hydrogen-bond acceptors (Lipinski definition) is 6. The van der Waals surface area contributed by atoms with E-state index >= 15 is 0 Å². The van der Waals surface area contributed by atoms with E-state index in [9.17, 15) is 14.4 Å². The first kappa shape index (κ1) is 27.4. The predicted molar refractivity (Wildman–Crippen MR) is 163 cm³/mol. The Labute approximate surface area is 246 Å². The Morgan fingerprint density at radius 2 is 1.64 bits per heavy atom. The molecule has 2 amide bonds. The zero-order valence-electron chi connectivity index (χ0n) is 23.2. The van der Waals surface area contributed by atoms with Crippen molar-refractivity contribution in [3.05, 3.63) is 127 Å². The van der Waals surface area contributed by atoms with Gasteiger partial charge in [-0.3, -0.25) is 19.0 Å². The van der Waals surface area contributed by atoms with Crippen molar-refractivity contribution in [3.63, 3.8) is 0 Å². The van der Waals surface area contributed by atoms with Crippen molar-refractivity contribution in [1.82, 2.24) is 9.47 Å². The largest absolute Gasteiger partial charge is 0.484 e. The molecule has 42 heavy (non-hydrogen) atoms. The average Bonchev–Trinajstić information content (AvgIpc) is 3.65. The number of anilines is 1. The van der Waals surface area contributed by atoms with Gasteiger partial charge in [0.15, 0.2) is 11.4 Å². The molecule has 1 aromatic heterocycles. The summed E-state index contributed by atoms with van der Waals surface area (Å²) in [5.41, 5.74) is 3.07. The van der Waals surface area contributed by atoms with Gasteiger partial charge in [0.1, 0.15) is 5.75 Å². The van der Waals surface area contributed by atoms with E-state index < -0.39 is 6.04 Å². The number of amides is 2. The number of ether oxygens (including phenoxy) is 1. The molecule has 4 aromatic rings. The topological polar surface area (TPSA) is 93.0 Å². The summed E-state index contributed by atoms with van der Waals surface area (Å²) in [5, 5.41) is 2.96. The van der Waals surface area contributed by atoms with Gasteiger partial charge < -0.3 is 15.0 Å². The molecule has 3 aromatic carbocycles. The predicted octanol–water partition coefficient (Wildman–Crippen LogP) is 3.88. The Morgan fingerprint density at radius 1 is 0.976 bits per heavy atom. The first-order chi connectivity index (χ1) is 20.5. The maximum atomic E-state index is 13.9. The SMILES string of the molecule is CC1=C(C(=O)Nc2ccccc2)[C@H](c2ccccc2)n2c(s/c(=C/c3ccc(OCC(=O)N4CCCC4)cc3)c2=O)=N1. The summed E-state index contributed by atoms with van der Waals surface area (Å²) in [6.07, 6.45) is 3.90. The second kappa shape index (κ2) is 12.0. The molecule has 0 radical (unpaired) electrons. The highest BCUT2D eigenvalue weighted by atomic mass is 32.1. The minimum Gasteiger partial charge on any atom is -0.484 e. The fourth-order valence-corrected chi connectivity index (χ4v) is 6.34. The fourth-order valence-electron chi connectivity index (χ4n) is 5.30. The Kier molecular flexibility index (Phi) is 7.83. The van der Waals surface area contributed by atoms with E-state index in [0.29, 0.717) is 32.0 Å². The first-order valence-electron chi connectivity index (χ1n) is 13.9. The van der Waals surface area contributed by atoms with E-state index in [0.717, 1.165) is 37.1 Å². The van der Waals surface area contributed by atoms with Gasteiger partial charge >= 0.3 is 0 Å². The van der Waals surface area contributed by atoms with Gasteiger partial charge in [0, 0.05) is 18.8 Å². The number of aromatic nitrogens is 1. The lowest BCUT2D eigenvalue weighted by Gasteiger charge is -2.25. The fraction of sp³-hybridized carbons (Fsp3) is 0.212. The first-order valence-corrected chi connectivity index (χ1v) is 14.7. The van der Waals surface area contributed by atoms with Crippen LogP contribution >= 0.6 is 11.3 Å². The summed E-state index contributed by atoms with van der Waals surface area (Å²) < 4.78 is 7.82. The van der Waals surface area contributed by atoms with Crippen LogP contribution in [0.15, 0.2) is 106 Å². The molecule has 0 aliphatic carbocycles. The van der Waals surface area contributed by atoms with E-state index in [2.05, 4.69) is 5.32 Å². The molecule has 2 aliphatic heterocycles. The summed E-state index contributed by atoms with van der Waals surface area (Å²) >= 11 is 1.29. The molecule has 1 atom stereocenters. The van der Waals surface area contributed by atoms with Crippen molar-refractivity contribution >= 4 is 34.9 Å². The highest BCUT2D eigenvalue weighted by Gasteiger charge is 2.32. The molecule has 1 fully saturated rings. The van der Waals surface area contributed by atoms with Crippen LogP contribution < -0.4 is 24.9 Å². The molecule has 3 heterocycles. The summed E-state index contributed by atoms with van der Waals surface area (Å²) in [6, 6.07) is 25.4. The number of benzene rings is 3. The van der Waals surface area contributed by atoms with Crippen LogP contribution in [0.3, 0.4) is 0 Å². The maximum Gasteiger partial charge on any atom is 0.271 e. The van der Waals surface area contributed by atoms with Crippen molar-refractivity contribution in [2.45, 2.75) is 25.8 Å². The highest BCUT2D eigenvalue weighted by Crippen LogP contribution is 2.30. The third-order valence-corrected chi connectivity index (χ3v) is 8.40. The second-order valence-electron chi connectivity index (χ2n) is 10.3. The molecule has 212 valence electrons. The van der Waals surface area contributed by atoms with Gasteiger partial charge in [0.2, 0.25) is 0 Å². The number of allylic oxidation sites excluding steroid dienone is 1. The highest BCUT2D eigenvalue weighted by molar-refractivity contribution is 7.07. The third-order valence-electron chi connectivity index (χ3n) is 7.41. The quantitative estimate of drug-likeness (QED) is 0.360. The van der Waals surface area contributed by atoms with E-state index in [1.807, 2.05) is 83.8 Å². The van der Waals surface area contributed by atoms with Crippen molar-refractivity contribution in [3.8, 4) is 5.75 Å². The summed E-state index contributed by atoms with van der Waals surface area (Å²) in [6.45, 7) is 3.40. The molecule has 6 rings (SSSR count). The molecular weight excluding hydrogens is 548 g/mol. The third kappa shape index (κ3) is 5.69. The van der Waals surface area contributed by atoms with Gasteiger partial charge in [0.05, 0.1) is 21.8 Å². The van der Waals surface area contributed by atoms with Crippen LogP contribution in [0, 0.1) is 0 Å². The maximum absolute atomic E-state index is 13.9. The smallest absolute Gasteiger partial charge is 0.271 e. The minimum atomic E-state index is -0.628. The number of para-hydroxylation sites is 1. The molecule has 1 N–H and O–H groups in total. The summed E-state index contributed by atoms with van der Waals surface area (Å²) in [5.74, 6) is 0.289. The van der Waals surface area contributed by atoms with Gasteiger partial charge in [-0.1, -0.05) is 72.0 Å². The summed E-state index contributed by atoms with van der Waals surface area (Å²) in [4.78, 5) is 46.8. The van der Waals surface area contributed by atoms with E-state index in [-0.39, 0.29) is 24.0 Å². The monoisotopic (exact) mass is 578 g/mol. The average molecular weight is 579 g/mol. The number of nitrogens with one attached hydrogen (secondary N) is 1. The van der Waals surface area contributed by atoms with Crippen molar-refractivity contribution < 1.29 is 14.3 Å². The Balaban J connectivity index is 1.30. The number of fused-ring (bicyclic) bond motifs is 1. The molecule has 0 spiro atoms. The van der Waals surface area contributed by atoms with Gasteiger partial charge in [-0.05, 0) is 61.2 Å². The van der Waals surface area contributed by atoms with Crippen molar-refractivity contribution in [2.75, 3.05) is 25.0 Å². The summed E-state index contributed by atoms with van der Waals surface area (Å²) in [7, 11) is 0. The lowest BCUT2D eigenvalue weighted by Crippen LogP contribution is -2.40. The lowest BCUT2D eigenvalue weighted by molar-refractivity contribution is -0.132.